The minimum absolute atomic E-state index is 0.0224. The first-order valence-corrected chi connectivity index (χ1v) is 20.5. The number of hydrogen-bond donors (Lipinski definition) is 4. The molecular formula is C30H45ClO14S3. The highest BCUT2D eigenvalue weighted by molar-refractivity contribution is 7.81. The summed E-state index contributed by atoms with van der Waals surface area (Å²) in [4.78, 5) is 0. The first-order valence-electron chi connectivity index (χ1n) is 16.0. The maximum atomic E-state index is 12.2. The van der Waals surface area contributed by atoms with Crippen LogP contribution in [-0.2, 0) is 43.7 Å². The third-order valence-electron chi connectivity index (χ3n) is 12.6. The number of hydrogen-bond acceptors (Lipinski definition) is 11. The van der Waals surface area contributed by atoms with Gasteiger partial charge in [0, 0.05) is 11.5 Å². The van der Waals surface area contributed by atoms with Crippen molar-refractivity contribution in [1.82, 2.24) is 0 Å². The SMILES string of the molecule is CC(CCC(C)C1CCC2(C)C3CC(OS(=O)(=O)O)C4C(O)C(OS(=O)(=O)O)C(OS(=O)(=O)O)CC4(C)C3=CCC12C)c1ccoc1Cl. The first-order chi connectivity index (χ1) is 21.9. The summed E-state index contributed by atoms with van der Waals surface area (Å²) in [5.74, 6) is -0.856. The average Bonchev–Trinajstić information content (AvgIpc) is 3.47. The molecule has 274 valence electrons. The fourth-order valence-corrected chi connectivity index (χ4v) is 12.1. The molecule has 14 nitrogen and oxygen atoms in total. The summed E-state index contributed by atoms with van der Waals surface area (Å²) in [7, 11) is -15.6. The van der Waals surface area contributed by atoms with Crippen molar-refractivity contribution in [1.29, 1.82) is 0 Å². The van der Waals surface area contributed by atoms with Gasteiger partial charge in [0.15, 0.2) is 5.22 Å². The number of halogens is 1. The van der Waals surface area contributed by atoms with Crippen LogP contribution in [0.3, 0.4) is 0 Å². The topological polar surface area (TPSA) is 224 Å². The summed E-state index contributed by atoms with van der Waals surface area (Å²) < 4.78 is 120. The van der Waals surface area contributed by atoms with Crippen molar-refractivity contribution >= 4 is 42.8 Å². The highest BCUT2D eigenvalue weighted by Gasteiger charge is 2.68. The minimum Gasteiger partial charge on any atom is -0.453 e. The van der Waals surface area contributed by atoms with Crippen LogP contribution in [0.15, 0.2) is 28.4 Å². The second-order valence-corrected chi connectivity index (χ2v) is 18.5. The largest absolute Gasteiger partial charge is 0.453 e. The van der Waals surface area contributed by atoms with E-state index in [0.717, 1.165) is 36.8 Å². The summed E-state index contributed by atoms with van der Waals surface area (Å²) in [6.45, 7) is 10.4. The highest BCUT2D eigenvalue weighted by atomic mass is 35.5. The Kier molecular flexibility index (Phi) is 10.2. The van der Waals surface area contributed by atoms with Crippen LogP contribution in [0, 0.1) is 39.9 Å². The molecule has 1 heterocycles. The average molecular weight is 761 g/mol. The van der Waals surface area contributed by atoms with Crippen molar-refractivity contribution in [2.45, 2.75) is 110 Å². The molecule has 0 spiro atoms. The molecule has 1 aromatic heterocycles. The molecule has 0 radical (unpaired) electrons. The molecule has 48 heavy (non-hydrogen) atoms. The molecule has 4 aliphatic carbocycles. The summed E-state index contributed by atoms with van der Waals surface area (Å²) in [5, 5.41) is 12.0. The lowest BCUT2D eigenvalue weighted by Gasteiger charge is -2.63. The molecule has 0 amide bonds. The molecule has 0 aromatic carbocycles. The molecule has 0 saturated heterocycles. The van der Waals surface area contributed by atoms with Gasteiger partial charge < -0.3 is 9.52 Å². The van der Waals surface area contributed by atoms with Crippen LogP contribution >= 0.6 is 11.6 Å². The van der Waals surface area contributed by atoms with Crippen LogP contribution in [-0.4, -0.2) is 68.4 Å². The van der Waals surface area contributed by atoms with Crippen molar-refractivity contribution < 1.29 is 61.0 Å². The Hall–Kier alpha value is -1.12. The molecule has 0 aliphatic heterocycles. The van der Waals surface area contributed by atoms with Crippen molar-refractivity contribution in [3.05, 3.63) is 34.8 Å². The van der Waals surface area contributed by atoms with E-state index in [1.807, 2.05) is 12.1 Å². The Labute approximate surface area is 287 Å². The van der Waals surface area contributed by atoms with E-state index in [1.165, 1.54) is 0 Å². The van der Waals surface area contributed by atoms with Crippen LogP contribution < -0.4 is 0 Å². The zero-order chi connectivity index (χ0) is 35.8. The van der Waals surface area contributed by atoms with Gasteiger partial charge in [-0.1, -0.05) is 46.3 Å². The Morgan fingerprint density at radius 2 is 1.54 bits per heavy atom. The molecule has 12 atom stereocenters. The summed E-state index contributed by atoms with van der Waals surface area (Å²) in [6, 6.07) is 1.88. The van der Waals surface area contributed by atoms with E-state index in [-0.39, 0.29) is 36.0 Å². The monoisotopic (exact) mass is 760 g/mol. The van der Waals surface area contributed by atoms with E-state index in [9.17, 15) is 44.0 Å². The zero-order valence-corrected chi connectivity index (χ0v) is 30.6. The highest BCUT2D eigenvalue weighted by Crippen LogP contribution is 2.72. The maximum absolute atomic E-state index is 12.2. The van der Waals surface area contributed by atoms with E-state index < -0.39 is 72.4 Å². The van der Waals surface area contributed by atoms with Crippen molar-refractivity contribution in [3.63, 3.8) is 0 Å². The number of aliphatic hydroxyl groups is 1. The predicted octanol–water partition coefficient (Wildman–Crippen LogP) is 5.18. The molecule has 0 bridgehead atoms. The molecule has 12 unspecified atom stereocenters. The van der Waals surface area contributed by atoms with Gasteiger partial charge in [-0.15, -0.1) is 0 Å². The normalized spacial score (nSPS) is 40.0. The van der Waals surface area contributed by atoms with Gasteiger partial charge in [0.2, 0.25) is 0 Å². The third kappa shape index (κ3) is 7.03. The number of furan rings is 1. The van der Waals surface area contributed by atoms with Gasteiger partial charge in [-0.05, 0) is 103 Å². The van der Waals surface area contributed by atoms with E-state index in [0.29, 0.717) is 17.6 Å². The number of aliphatic hydroxyl groups excluding tert-OH is 1. The van der Waals surface area contributed by atoms with Crippen molar-refractivity contribution in [2.24, 2.45) is 39.9 Å². The van der Waals surface area contributed by atoms with Crippen LogP contribution in [0.4, 0.5) is 0 Å². The Balaban J connectivity index is 1.52. The molecule has 3 fully saturated rings. The lowest BCUT2D eigenvalue weighted by Crippen LogP contribution is -2.65. The second kappa shape index (κ2) is 12.8. The fraction of sp³-hybridized carbons (Fsp3) is 0.800. The Morgan fingerprint density at radius 1 is 0.938 bits per heavy atom. The Bertz CT molecular complexity index is 1740. The maximum Gasteiger partial charge on any atom is 0.397 e. The lowest BCUT2D eigenvalue weighted by molar-refractivity contribution is -0.179. The number of fused-ring (bicyclic) bond motifs is 5. The van der Waals surface area contributed by atoms with E-state index >= 15 is 0 Å². The molecule has 4 aliphatic rings. The zero-order valence-electron chi connectivity index (χ0n) is 27.4. The standard InChI is InChI=1S/C30H45ClO14S3/c1-16(18-10-13-42-27(18)31)6-7-17(2)19-8-11-30(5)21-14-22(43-46(33,34)35)24-25(32)26(45-48(39,40)41)23(44-47(36,37)38)15-28(24,3)20(21)9-12-29(19,30)4/h9-10,13,16-17,19,21-26,32H,6-8,11-12,14-15H2,1-5H3,(H,33,34,35)(H,36,37,38)(H,39,40,41). The molecule has 3 saturated carbocycles. The lowest BCUT2D eigenvalue weighted by atomic mass is 9.43. The van der Waals surface area contributed by atoms with E-state index in [4.69, 9.17) is 24.4 Å². The van der Waals surface area contributed by atoms with Gasteiger partial charge >= 0.3 is 31.2 Å². The van der Waals surface area contributed by atoms with Gasteiger partial charge in [-0.3, -0.25) is 13.7 Å². The predicted molar refractivity (Wildman–Crippen MR) is 172 cm³/mol. The van der Waals surface area contributed by atoms with Gasteiger partial charge in [-0.2, -0.15) is 25.3 Å². The molecule has 4 N–H and O–H groups in total. The fourth-order valence-electron chi connectivity index (χ4n) is 10.3. The number of rotatable bonds is 11. The van der Waals surface area contributed by atoms with Gasteiger partial charge in [0.05, 0.1) is 18.5 Å². The van der Waals surface area contributed by atoms with Crippen LogP contribution in [0.25, 0.3) is 0 Å². The smallest absolute Gasteiger partial charge is 0.397 e. The van der Waals surface area contributed by atoms with E-state index in [1.54, 1.807) is 13.2 Å². The first kappa shape index (κ1) is 38.1. The molecule has 18 heteroatoms. The van der Waals surface area contributed by atoms with Gasteiger partial charge in [0.1, 0.15) is 12.2 Å². The minimum atomic E-state index is -5.30. The summed E-state index contributed by atoms with van der Waals surface area (Å²) in [5.41, 5.74) is -0.248. The van der Waals surface area contributed by atoms with Gasteiger partial charge in [0.25, 0.3) is 0 Å². The van der Waals surface area contributed by atoms with Crippen LogP contribution in [0.5, 0.6) is 0 Å². The van der Waals surface area contributed by atoms with E-state index in [2.05, 4.69) is 31.9 Å². The Morgan fingerprint density at radius 3 is 2.10 bits per heavy atom. The van der Waals surface area contributed by atoms with Crippen molar-refractivity contribution in [3.8, 4) is 0 Å². The van der Waals surface area contributed by atoms with Crippen molar-refractivity contribution in [2.75, 3.05) is 0 Å². The summed E-state index contributed by atoms with van der Waals surface area (Å²) in [6.07, 6.45) is 0.0620. The van der Waals surface area contributed by atoms with Crippen LogP contribution in [0.1, 0.15) is 91.0 Å². The third-order valence-corrected chi connectivity index (χ3v) is 14.3. The molecular weight excluding hydrogens is 716 g/mol. The summed E-state index contributed by atoms with van der Waals surface area (Å²) >= 11 is 6.22. The quantitative estimate of drug-likeness (QED) is 0.169. The molecule has 5 rings (SSSR count). The van der Waals surface area contributed by atoms with Gasteiger partial charge in [-0.25, -0.2) is 12.5 Å². The van der Waals surface area contributed by atoms with Crippen LogP contribution in [0.2, 0.25) is 5.22 Å². The number of allylic oxidation sites excluding steroid dienone is 2. The second-order valence-electron chi connectivity index (χ2n) is 15.0. The molecule has 1 aromatic rings.